The predicted octanol–water partition coefficient (Wildman–Crippen LogP) is 5.70. The molecule has 0 aliphatic rings. The van der Waals surface area contributed by atoms with Gasteiger partial charge in [0, 0.05) is 11.8 Å². The van der Waals surface area contributed by atoms with Gasteiger partial charge < -0.3 is 0 Å². The molecule has 6 nitrogen and oxygen atoms in total. The van der Waals surface area contributed by atoms with Gasteiger partial charge in [-0.25, -0.2) is 36.5 Å². The second-order valence-electron chi connectivity index (χ2n) is 6.67. The SMILES string of the molecule is CCc1nc(-c2cccc(NS(=O)(=O)c3c(F)cccc3F)c2F)c(-c2ccnc(Cl)n2)s1. The summed E-state index contributed by atoms with van der Waals surface area (Å²) in [7, 11) is -4.76. The molecule has 0 amide bonds. The Morgan fingerprint density at radius 3 is 2.39 bits per heavy atom. The Balaban J connectivity index is 1.81. The third-order valence-corrected chi connectivity index (χ3v) is 7.34. The van der Waals surface area contributed by atoms with Gasteiger partial charge in [0.2, 0.25) is 5.28 Å². The van der Waals surface area contributed by atoms with E-state index in [4.69, 9.17) is 11.6 Å². The van der Waals surface area contributed by atoms with Crippen LogP contribution < -0.4 is 4.72 Å². The molecule has 0 spiro atoms. The smallest absolute Gasteiger partial charge is 0.267 e. The Morgan fingerprint density at radius 1 is 1.03 bits per heavy atom. The zero-order valence-corrected chi connectivity index (χ0v) is 19.2. The quantitative estimate of drug-likeness (QED) is 0.336. The van der Waals surface area contributed by atoms with Crippen LogP contribution >= 0.6 is 22.9 Å². The van der Waals surface area contributed by atoms with Gasteiger partial charge in [-0.05, 0) is 48.4 Å². The molecule has 33 heavy (non-hydrogen) atoms. The number of nitrogens with one attached hydrogen (secondary N) is 1. The molecule has 4 rings (SSSR count). The number of aryl methyl sites for hydroxylation is 1. The van der Waals surface area contributed by atoms with Crippen LogP contribution in [0.15, 0.2) is 53.6 Å². The highest BCUT2D eigenvalue weighted by Gasteiger charge is 2.26. The van der Waals surface area contributed by atoms with Crippen LogP contribution in [0.3, 0.4) is 0 Å². The number of sulfonamides is 1. The normalized spacial score (nSPS) is 11.5. The van der Waals surface area contributed by atoms with Crippen molar-refractivity contribution in [1.82, 2.24) is 15.0 Å². The molecule has 0 fully saturated rings. The first-order valence-corrected chi connectivity index (χ1v) is 12.1. The molecule has 0 unspecified atom stereocenters. The maximum absolute atomic E-state index is 15.5. The van der Waals surface area contributed by atoms with Crippen molar-refractivity contribution in [2.45, 2.75) is 18.2 Å². The summed E-state index contributed by atoms with van der Waals surface area (Å²) in [6.45, 7) is 1.88. The summed E-state index contributed by atoms with van der Waals surface area (Å²) in [5.41, 5.74) is 0.126. The number of hydrogen-bond acceptors (Lipinski definition) is 6. The number of rotatable bonds is 6. The minimum Gasteiger partial charge on any atom is -0.276 e. The van der Waals surface area contributed by atoms with Crippen molar-refractivity contribution in [3.8, 4) is 21.8 Å². The summed E-state index contributed by atoms with van der Waals surface area (Å²) in [6, 6.07) is 8.17. The molecule has 0 atom stereocenters. The zero-order chi connectivity index (χ0) is 23.8. The molecule has 0 saturated carbocycles. The van der Waals surface area contributed by atoms with E-state index < -0.39 is 38.1 Å². The molecule has 2 aromatic heterocycles. The number of anilines is 1. The van der Waals surface area contributed by atoms with E-state index in [1.54, 1.807) is 6.07 Å². The monoisotopic (exact) mass is 510 g/mol. The van der Waals surface area contributed by atoms with Crippen LogP contribution in [-0.4, -0.2) is 23.4 Å². The lowest BCUT2D eigenvalue weighted by Gasteiger charge is -2.12. The standard InChI is InChI=1S/C21H14ClF3N4O2S2/c1-2-16-28-18(19(32-16)15-9-10-26-21(22)27-15)11-5-3-8-14(17(11)25)29-33(30,31)20-12(23)6-4-7-13(20)24/h3-10,29H,2H2,1H3. The molecule has 1 N–H and O–H groups in total. The van der Waals surface area contributed by atoms with Crippen molar-refractivity contribution < 1.29 is 21.6 Å². The van der Waals surface area contributed by atoms with E-state index in [-0.39, 0.29) is 16.5 Å². The molecule has 4 aromatic rings. The van der Waals surface area contributed by atoms with E-state index in [0.717, 1.165) is 24.3 Å². The fourth-order valence-corrected chi connectivity index (χ4v) is 5.40. The average Bonchev–Trinajstić information content (AvgIpc) is 3.19. The Morgan fingerprint density at radius 2 is 1.73 bits per heavy atom. The van der Waals surface area contributed by atoms with Gasteiger partial charge >= 0.3 is 0 Å². The van der Waals surface area contributed by atoms with Gasteiger partial charge in [-0.15, -0.1) is 11.3 Å². The van der Waals surface area contributed by atoms with Crippen LogP contribution in [0.4, 0.5) is 18.9 Å². The van der Waals surface area contributed by atoms with Crippen LogP contribution in [0.5, 0.6) is 0 Å². The molecule has 0 aliphatic heterocycles. The van der Waals surface area contributed by atoms with Crippen LogP contribution in [0, 0.1) is 17.5 Å². The first-order chi connectivity index (χ1) is 15.7. The van der Waals surface area contributed by atoms with Gasteiger partial charge in [0.1, 0.15) is 11.6 Å². The summed E-state index contributed by atoms with van der Waals surface area (Å²) in [4.78, 5) is 11.8. The van der Waals surface area contributed by atoms with Gasteiger partial charge in [-0.3, -0.25) is 4.72 Å². The summed E-state index contributed by atoms with van der Waals surface area (Å²) in [5.74, 6) is -3.56. The molecule has 12 heteroatoms. The second kappa shape index (κ2) is 9.08. The number of aromatic nitrogens is 3. The summed E-state index contributed by atoms with van der Waals surface area (Å²) < 4.78 is 70.7. The number of hydrogen-bond donors (Lipinski definition) is 1. The molecule has 2 heterocycles. The Bertz CT molecular complexity index is 1440. The van der Waals surface area contributed by atoms with E-state index in [1.165, 1.54) is 29.7 Å². The molecule has 0 aliphatic carbocycles. The van der Waals surface area contributed by atoms with Gasteiger partial charge in [0.15, 0.2) is 10.7 Å². The van der Waals surface area contributed by atoms with Gasteiger partial charge in [0.25, 0.3) is 10.0 Å². The highest BCUT2D eigenvalue weighted by atomic mass is 35.5. The van der Waals surface area contributed by atoms with E-state index in [1.807, 2.05) is 11.6 Å². The maximum atomic E-state index is 15.5. The Hall–Kier alpha value is -3.02. The third-order valence-electron chi connectivity index (χ3n) is 4.52. The van der Waals surface area contributed by atoms with Gasteiger partial charge in [-0.1, -0.05) is 19.1 Å². The maximum Gasteiger partial charge on any atom is 0.267 e. The lowest BCUT2D eigenvalue weighted by Crippen LogP contribution is -2.17. The van der Waals surface area contributed by atoms with E-state index in [0.29, 0.717) is 22.0 Å². The summed E-state index contributed by atoms with van der Waals surface area (Å²) in [5, 5.41) is 0.687. The first kappa shape index (κ1) is 23.1. The van der Waals surface area contributed by atoms with E-state index in [2.05, 4.69) is 15.0 Å². The van der Waals surface area contributed by atoms with Crippen molar-refractivity contribution in [1.29, 1.82) is 0 Å². The van der Waals surface area contributed by atoms with Crippen LogP contribution in [0.25, 0.3) is 21.8 Å². The summed E-state index contributed by atoms with van der Waals surface area (Å²) >= 11 is 7.18. The van der Waals surface area contributed by atoms with Crippen molar-refractivity contribution in [2.75, 3.05) is 4.72 Å². The van der Waals surface area contributed by atoms with Crippen LogP contribution in [-0.2, 0) is 16.4 Å². The number of thiazole rings is 1. The Labute approximate surface area is 196 Å². The fourth-order valence-electron chi connectivity index (χ4n) is 3.06. The van der Waals surface area contributed by atoms with E-state index >= 15 is 4.39 Å². The predicted molar refractivity (Wildman–Crippen MR) is 120 cm³/mol. The first-order valence-electron chi connectivity index (χ1n) is 9.45. The Kier molecular flexibility index (Phi) is 6.37. The molecule has 0 bridgehead atoms. The van der Waals surface area contributed by atoms with Crippen molar-refractivity contribution in [3.05, 3.63) is 76.4 Å². The molecule has 0 saturated heterocycles. The van der Waals surface area contributed by atoms with Crippen LogP contribution in [0.2, 0.25) is 5.28 Å². The minimum absolute atomic E-state index is 0.00112. The van der Waals surface area contributed by atoms with Gasteiger partial charge in [-0.2, -0.15) is 0 Å². The molecular weight excluding hydrogens is 497 g/mol. The van der Waals surface area contributed by atoms with Crippen molar-refractivity contribution in [3.63, 3.8) is 0 Å². The third kappa shape index (κ3) is 4.56. The topological polar surface area (TPSA) is 84.8 Å². The number of benzene rings is 2. The fraction of sp³-hybridized carbons (Fsp3) is 0.0952. The largest absolute Gasteiger partial charge is 0.276 e. The minimum atomic E-state index is -4.76. The molecule has 0 radical (unpaired) electrons. The van der Waals surface area contributed by atoms with Crippen molar-refractivity contribution in [2.24, 2.45) is 0 Å². The molecular formula is C21H14ClF3N4O2S2. The highest BCUT2D eigenvalue weighted by molar-refractivity contribution is 7.92. The van der Waals surface area contributed by atoms with Crippen molar-refractivity contribution >= 4 is 38.6 Å². The molecule has 170 valence electrons. The van der Waals surface area contributed by atoms with E-state index in [9.17, 15) is 17.2 Å². The summed E-state index contributed by atoms with van der Waals surface area (Å²) in [6.07, 6.45) is 2.01. The van der Waals surface area contributed by atoms with Crippen LogP contribution in [0.1, 0.15) is 11.9 Å². The average molecular weight is 511 g/mol. The second-order valence-corrected chi connectivity index (χ2v) is 9.71. The lowest BCUT2D eigenvalue weighted by molar-refractivity contribution is 0.521. The highest BCUT2D eigenvalue weighted by Crippen LogP contribution is 2.39. The number of halogens is 4. The number of nitrogens with zero attached hydrogens (tertiary/aromatic N) is 3. The molecule has 2 aromatic carbocycles. The zero-order valence-electron chi connectivity index (χ0n) is 16.8. The van der Waals surface area contributed by atoms with Gasteiger partial charge in [0.05, 0.1) is 27.0 Å². The lowest BCUT2D eigenvalue weighted by atomic mass is 10.1.